The van der Waals surface area contributed by atoms with E-state index in [-0.39, 0.29) is 0 Å². The third kappa shape index (κ3) is 3.23. The number of nitrogens with one attached hydrogen (secondary N) is 1. The molecule has 0 unspecified atom stereocenters. The van der Waals surface area contributed by atoms with E-state index in [9.17, 15) is 0 Å². The van der Waals surface area contributed by atoms with E-state index in [0.717, 1.165) is 22.3 Å². The normalized spacial score (nSPS) is 17.7. The van der Waals surface area contributed by atoms with Crippen LogP contribution in [0.3, 0.4) is 0 Å². The molecule has 18 heavy (non-hydrogen) atoms. The summed E-state index contributed by atoms with van der Waals surface area (Å²) in [5.74, 6) is 0. The summed E-state index contributed by atoms with van der Waals surface area (Å²) in [4.78, 5) is 0.440. The molecule has 0 amide bonds. The molecule has 0 saturated heterocycles. The Labute approximate surface area is 122 Å². The molecular formula is C14H19BrN2S. The summed E-state index contributed by atoms with van der Waals surface area (Å²) in [5, 5.41) is 3.52. The van der Waals surface area contributed by atoms with E-state index in [1.807, 2.05) is 18.2 Å². The van der Waals surface area contributed by atoms with Crippen molar-refractivity contribution in [2.75, 3.05) is 11.9 Å². The molecule has 0 radical (unpaired) electrons. The number of hydrogen-bond donors (Lipinski definition) is 2. The zero-order valence-corrected chi connectivity index (χ0v) is 13.0. The highest BCUT2D eigenvalue weighted by atomic mass is 79.9. The van der Waals surface area contributed by atoms with Crippen molar-refractivity contribution < 1.29 is 0 Å². The summed E-state index contributed by atoms with van der Waals surface area (Å²) in [6, 6.07) is 6.03. The molecule has 4 heteroatoms. The second-order valence-electron chi connectivity index (χ2n) is 5.43. The Bertz CT molecular complexity index is 453. The van der Waals surface area contributed by atoms with E-state index in [1.54, 1.807) is 0 Å². The van der Waals surface area contributed by atoms with E-state index in [2.05, 4.69) is 28.2 Å². The van der Waals surface area contributed by atoms with Gasteiger partial charge in [0.1, 0.15) is 4.99 Å². The third-order valence-corrected chi connectivity index (χ3v) is 4.48. The first-order valence-corrected chi connectivity index (χ1v) is 7.54. The zero-order chi connectivity index (χ0) is 13.2. The van der Waals surface area contributed by atoms with Gasteiger partial charge in [-0.1, -0.05) is 47.9 Å². The highest BCUT2D eigenvalue weighted by Crippen LogP contribution is 2.37. The van der Waals surface area contributed by atoms with Gasteiger partial charge in [0.2, 0.25) is 0 Å². The van der Waals surface area contributed by atoms with Gasteiger partial charge in [-0.2, -0.15) is 0 Å². The summed E-state index contributed by atoms with van der Waals surface area (Å²) in [6.45, 7) is 3.34. The van der Waals surface area contributed by atoms with Crippen LogP contribution in [0.2, 0.25) is 0 Å². The van der Waals surface area contributed by atoms with E-state index < -0.39 is 0 Å². The van der Waals surface area contributed by atoms with E-state index >= 15 is 0 Å². The number of halogens is 1. The van der Waals surface area contributed by atoms with Gasteiger partial charge < -0.3 is 11.1 Å². The maximum atomic E-state index is 5.77. The topological polar surface area (TPSA) is 38.0 Å². The maximum Gasteiger partial charge on any atom is 0.106 e. The van der Waals surface area contributed by atoms with Crippen molar-refractivity contribution in [3.8, 4) is 0 Å². The SMILES string of the molecule is CC1(CNc2ccc(Br)cc2C(N)=S)CCCC1. The second-order valence-corrected chi connectivity index (χ2v) is 6.78. The van der Waals surface area contributed by atoms with Crippen LogP contribution < -0.4 is 11.1 Å². The molecule has 2 rings (SSSR count). The molecule has 1 aromatic carbocycles. The van der Waals surface area contributed by atoms with Gasteiger partial charge in [-0.25, -0.2) is 0 Å². The van der Waals surface area contributed by atoms with Crippen LogP contribution in [0.5, 0.6) is 0 Å². The Hall–Kier alpha value is -0.610. The van der Waals surface area contributed by atoms with Gasteiger partial charge >= 0.3 is 0 Å². The fourth-order valence-electron chi connectivity index (χ4n) is 2.59. The Morgan fingerprint density at radius 2 is 2.11 bits per heavy atom. The van der Waals surface area contributed by atoms with Gasteiger partial charge in [0.25, 0.3) is 0 Å². The molecule has 0 spiro atoms. The third-order valence-electron chi connectivity index (χ3n) is 3.76. The molecule has 0 atom stereocenters. The molecular weight excluding hydrogens is 308 g/mol. The molecule has 0 aliphatic heterocycles. The second kappa shape index (κ2) is 5.57. The monoisotopic (exact) mass is 326 g/mol. The smallest absolute Gasteiger partial charge is 0.106 e. The van der Waals surface area contributed by atoms with Crippen molar-refractivity contribution in [1.82, 2.24) is 0 Å². The fourth-order valence-corrected chi connectivity index (χ4v) is 3.12. The van der Waals surface area contributed by atoms with Gasteiger partial charge in [0.05, 0.1) is 0 Å². The molecule has 2 nitrogen and oxygen atoms in total. The Morgan fingerprint density at radius 1 is 1.44 bits per heavy atom. The predicted molar refractivity (Wildman–Crippen MR) is 85.1 cm³/mol. The number of benzene rings is 1. The van der Waals surface area contributed by atoms with Crippen LogP contribution in [0.25, 0.3) is 0 Å². The Morgan fingerprint density at radius 3 is 2.72 bits per heavy atom. The van der Waals surface area contributed by atoms with Gasteiger partial charge in [0.15, 0.2) is 0 Å². The Balaban J connectivity index is 2.11. The minimum Gasteiger partial charge on any atom is -0.389 e. The first-order valence-electron chi connectivity index (χ1n) is 6.33. The lowest BCUT2D eigenvalue weighted by Crippen LogP contribution is -2.24. The summed E-state index contributed by atoms with van der Waals surface area (Å²) >= 11 is 8.55. The van der Waals surface area contributed by atoms with Crippen LogP contribution in [-0.2, 0) is 0 Å². The van der Waals surface area contributed by atoms with Gasteiger partial charge in [-0.05, 0) is 36.5 Å². The maximum absolute atomic E-state index is 5.77. The van der Waals surface area contributed by atoms with Crippen molar-refractivity contribution in [1.29, 1.82) is 0 Å². The average Bonchev–Trinajstić information content (AvgIpc) is 2.75. The van der Waals surface area contributed by atoms with E-state index in [4.69, 9.17) is 18.0 Å². The van der Waals surface area contributed by atoms with Crippen molar-refractivity contribution in [2.45, 2.75) is 32.6 Å². The molecule has 98 valence electrons. The zero-order valence-electron chi connectivity index (χ0n) is 10.6. The van der Waals surface area contributed by atoms with E-state index in [1.165, 1.54) is 25.7 Å². The van der Waals surface area contributed by atoms with Crippen LogP contribution in [0, 0.1) is 5.41 Å². The largest absolute Gasteiger partial charge is 0.389 e. The van der Waals surface area contributed by atoms with Crippen molar-refractivity contribution >= 4 is 38.8 Å². The summed E-state index contributed by atoms with van der Waals surface area (Å²) in [5.41, 5.74) is 8.15. The fraction of sp³-hybridized carbons (Fsp3) is 0.500. The molecule has 1 aliphatic carbocycles. The lowest BCUT2D eigenvalue weighted by molar-refractivity contribution is 0.362. The molecule has 1 aromatic rings. The molecule has 0 bridgehead atoms. The summed E-state index contributed by atoms with van der Waals surface area (Å²) < 4.78 is 1.00. The van der Waals surface area contributed by atoms with Crippen molar-refractivity contribution in [2.24, 2.45) is 11.1 Å². The van der Waals surface area contributed by atoms with Crippen LogP contribution in [0.4, 0.5) is 5.69 Å². The number of anilines is 1. The number of rotatable bonds is 4. The van der Waals surface area contributed by atoms with Gasteiger partial charge in [-0.15, -0.1) is 0 Å². The van der Waals surface area contributed by atoms with Gasteiger partial charge in [-0.3, -0.25) is 0 Å². The molecule has 0 aromatic heterocycles. The number of nitrogens with two attached hydrogens (primary N) is 1. The number of thiocarbonyl (C=S) groups is 1. The van der Waals surface area contributed by atoms with Crippen molar-refractivity contribution in [3.05, 3.63) is 28.2 Å². The first-order chi connectivity index (χ1) is 8.50. The molecule has 1 aliphatic rings. The minimum absolute atomic E-state index is 0.417. The lowest BCUT2D eigenvalue weighted by Gasteiger charge is -2.25. The van der Waals surface area contributed by atoms with E-state index in [0.29, 0.717) is 10.4 Å². The molecule has 1 fully saturated rings. The highest BCUT2D eigenvalue weighted by Gasteiger charge is 2.28. The highest BCUT2D eigenvalue weighted by molar-refractivity contribution is 9.10. The standard InChI is InChI=1S/C14H19BrN2S/c1-14(6-2-3-7-14)9-17-12-5-4-10(15)8-11(12)13(16)18/h4-5,8,17H,2-3,6-7,9H2,1H3,(H2,16,18). The average molecular weight is 327 g/mol. The summed E-state index contributed by atoms with van der Waals surface area (Å²) in [6.07, 6.45) is 5.30. The molecule has 0 heterocycles. The van der Waals surface area contributed by atoms with Crippen LogP contribution >= 0.6 is 28.1 Å². The Kier molecular flexibility index (Phi) is 4.28. The first kappa shape index (κ1) is 13.8. The quantitative estimate of drug-likeness (QED) is 0.819. The van der Waals surface area contributed by atoms with Gasteiger partial charge in [0, 0.05) is 22.3 Å². The number of hydrogen-bond acceptors (Lipinski definition) is 2. The molecule has 1 saturated carbocycles. The van der Waals surface area contributed by atoms with Crippen LogP contribution in [0.15, 0.2) is 22.7 Å². The van der Waals surface area contributed by atoms with Crippen molar-refractivity contribution in [3.63, 3.8) is 0 Å². The van der Waals surface area contributed by atoms with Crippen LogP contribution in [-0.4, -0.2) is 11.5 Å². The van der Waals surface area contributed by atoms with Crippen LogP contribution in [0.1, 0.15) is 38.2 Å². The summed E-state index contributed by atoms with van der Waals surface area (Å²) in [7, 11) is 0. The predicted octanol–water partition coefficient (Wildman–Crippen LogP) is 4.08. The minimum atomic E-state index is 0.417. The molecule has 3 N–H and O–H groups in total. The lowest BCUT2D eigenvalue weighted by atomic mass is 9.89.